The summed E-state index contributed by atoms with van der Waals surface area (Å²) < 4.78 is 1.59. The van der Waals surface area contributed by atoms with Crippen LogP contribution in [0.4, 0.5) is 11.8 Å². The Hall–Kier alpha value is -2.65. The molecule has 0 unspecified atom stereocenters. The molecule has 0 aromatic carbocycles. The monoisotopic (exact) mass is 428 g/mol. The first kappa shape index (κ1) is 19.3. The standard InChI is InChI=1S/C20H25ClN8O/c1-28-18(30)13-15(11-4-8-24-16(23)14(11)21)26-27-17(13)25-19(28)29-9-6-20(7-10-29)5-2-3-12(20)22/h4,8,12H,2-3,5-7,9-10,22H2,1H3,(H2,23,24)(H,26,27)/t12-/m1/s1. The predicted octanol–water partition coefficient (Wildman–Crippen LogP) is 2.05. The van der Waals surface area contributed by atoms with Crippen molar-refractivity contribution < 1.29 is 0 Å². The van der Waals surface area contributed by atoms with Gasteiger partial charge in [-0.3, -0.25) is 14.5 Å². The number of piperidine rings is 1. The van der Waals surface area contributed by atoms with Crippen molar-refractivity contribution in [2.75, 3.05) is 23.7 Å². The highest BCUT2D eigenvalue weighted by atomic mass is 35.5. The molecule has 1 spiro atoms. The maximum atomic E-state index is 13.3. The fraction of sp³-hybridized carbons (Fsp3) is 0.500. The highest BCUT2D eigenvalue weighted by Gasteiger charge is 2.43. The van der Waals surface area contributed by atoms with Gasteiger partial charge in [0, 0.05) is 37.9 Å². The number of nitrogen functional groups attached to an aromatic ring is 1. The van der Waals surface area contributed by atoms with E-state index in [1.165, 1.54) is 12.8 Å². The van der Waals surface area contributed by atoms with Crippen molar-refractivity contribution in [3.8, 4) is 11.3 Å². The Kier molecular flexibility index (Phi) is 4.48. The zero-order chi connectivity index (χ0) is 21.0. The lowest BCUT2D eigenvalue weighted by Crippen LogP contribution is -2.48. The SMILES string of the molecule is Cn1c(N2CCC3(CCC[C@H]3N)CC2)nc2[nH]nc(-c3ccnc(N)c3Cl)c2c1=O. The van der Waals surface area contributed by atoms with Crippen LogP contribution in [0.1, 0.15) is 32.1 Å². The van der Waals surface area contributed by atoms with E-state index in [1.807, 2.05) is 0 Å². The van der Waals surface area contributed by atoms with Gasteiger partial charge in [0.25, 0.3) is 5.56 Å². The van der Waals surface area contributed by atoms with Crippen molar-refractivity contribution >= 4 is 34.4 Å². The molecule has 158 valence electrons. The molecule has 3 aromatic heterocycles. The van der Waals surface area contributed by atoms with E-state index < -0.39 is 0 Å². The molecule has 1 aliphatic heterocycles. The number of halogens is 1. The van der Waals surface area contributed by atoms with Crippen LogP contribution in [0.2, 0.25) is 5.02 Å². The number of nitrogens with zero attached hydrogens (tertiary/aromatic N) is 5. The molecule has 0 radical (unpaired) electrons. The van der Waals surface area contributed by atoms with Gasteiger partial charge in [0.1, 0.15) is 16.9 Å². The molecule has 5 N–H and O–H groups in total. The van der Waals surface area contributed by atoms with Crippen LogP contribution in [-0.2, 0) is 7.05 Å². The Labute approximate surface area is 178 Å². The molecule has 9 nitrogen and oxygen atoms in total. The van der Waals surface area contributed by atoms with Crippen molar-refractivity contribution in [2.45, 2.75) is 38.1 Å². The molecule has 5 rings (SSSR count). The first-order chi connectivity index (χ1) is 14.4. The number of aromatic amines is 1. The van der Waals surface area contributed by atoms with E-state index in [1.54, 1.807) is 23.9 Å². The second-order valence-electron chi connectivity index (χ2n) is 8.48. The van der Waals surface area contributed by atoms with E-state index in [9.17, 15) is 4.79 Å². The average Bonchev–Trinajstić information content (AvgIpc) is 3.32. The van der Waals surface area contributed by atoms with Gasteiger partial charge in [-0.2, -0.15) is 10.1 Å². The van der Waals surface area contributed by atoms with E-state index in [0.29, 0.717) is 28.2 Å². The zero-order valence-electron chi connectivity index (χ0n) is 16.9. The van der Waals surface area contributed by atoms with Crippen LogP contribution >= 0.6 is 11.6 Å². The highest BCUT2D eigenvalue weighted by Crippen LogP contribution is 2.45. The summed E-state index contributed by atoms with van der Waals surface area (Å²) in [5.74, 6) is 0.837. The van der Waals surface area contributed by atoms with Gasteiger partial charge in [-0.05, 0) is 37.2 Å². The van der Waals surface area contributed by atoms with Crippen LogP contribution in [0.5, 0.6) is 0 Å². The summed E-state index contributed by atoms with van der Waals surface area (Å²) in [6.45, 7) is 1.68. The number of hydrogen-bond donors (Lipinski definition) is 3. The van der Waals surface area contributed by atoms with E-state index in [0.717, 1.165) is 32.4 Å². The zero-order valence-corrected chi connectivity index (χ0v) is 17.6. The van der Waals surface area contributed by atoms with Gasteiger partial charge in [0.2, 0.25) is 5.95 Å². The smallest absolute Gasteiger partial charge is 0.266 e. The Morgan fingerprint density at radius 2 is 2.07 bits per heavy atom. The minimum absolute atomic E-state index is 0.178. The Morgan fingerprint density at radius 1 is 1.30 bits per heavy atom. The van der Waals surface area contributed by atoms with Gasteiger partial charge < -0.3 is 16.4 Å². The number of H-pyrrole nitrogens is 1. The maximum absolute atomic E-state index is 13.3. The molecule has 2 fully saturated rings. The molecule has 0 bridgehead atoms. The molecule has 4 heterocycles. The van der Waals surface area contributed by atoms with Crippen molar-refractivity contribution in [1.29, 1.82) is 0 Å². The fourth-order valence-electron chi connectivity index (χ4n) is 5.11. The molecule has 10 heteroatoms. The average molecular weight is 429 g/mol. The molecule has 3 aromatic rings. The van der Waals surface area contributed by atoms with Crippen molar-refractivity contribution in [2.24, 2.45) is 18.2 Å². The topological polar surface area (TPSA) is 132 Å². The van der Waals surface area contributed by atoms with Crippen LogP contribution in [0.15, 0.2) is 17.1 Å². The first-order valence-corrected chi connectivity index (χ1v) is 10.6. The summed E-state index contributed by atoms with van der Waals surface area (Å²) in [4.78, 5) is 24.2. The van der Waals surface area contributed by atoms with E-state index >= 15 is 0 Å². The molecule has 1 atom stereocenters. The normalized spacial score (nSPS) is 21.0. The fourth-order valence-corrected chi connectivity index (χ4v) is 5.31. The highest BCUT2D eigenvalue weighted by molar-refractivity contribution is 6.35. The Bertz CT molecular complexity index is 1180. The lowest BCUT2D eigenvalue weighted by molar-refractivity contribution is 0.196. The second-order valence-corrected chi connectivity index (χ2v) is 8.86. The summed E-state index contributed by atoms with van der Waals surface area (Å²) >= 11 is 6.31. The molecule has 1 aliphatic carbocycles. The Balaban J connectivity index is 1.53. The van der Waals surface area contributed by atoms with Crippen LogP contribution in [0.25, 0.3) is 22.3 Å². The molecule has 30 heavy (non-hydrogen) atoms. The van der Waals surface area contributed by atoms with Crippen LogP contribution in [-0.4, -0.2) is 43.9 Å². The van der Waals surface area contributed by atoms with Crippen LogP contribution in [0.3, 0.4) is 0 Å². The second kappa shape index (κ2) is 6.95. The van der Waals surface area contributed by atoms with Gasteiger partial charge in [-0.15, -0.1) is 0 Å². The minimum Gasteiger partial charge on any atom is -0.382 e. The molecule has 0 amide bonds. The van der Waals surface area contributed by atoms with Gasteiger partial charge in [0.05, 0.1) is 5.02 Å². The summed E-state index contributed by atoms with van der Waals surface area (Å²) in [5, 5.41) is 7.87. The number of rotatable bonds is 2. The minimum atomic E-state index is -0.178. The summed E-state index contributed by atoms with van der Waals surface area (Å²) in [5.41, 5.74) is 13.7. The molecule has 1 saturated heterocycles. The van der Waals surface area contributed by atoms with Gasteiger partial charge in [0.15, 0.2) is 5.65 Å². The van der Waals surface area contributed by atoms with Gasteiger partial charge in [-0.25, -0.2) is 4.98 Å². The third-order valence-corrected chi connectivity index (χ3v) is 7.36. The predicted molar refractivity (Wildman–Crippen MR) is 117 cm³/mol. The van der Waals surface area contributed by atoms with Crippen molar-refractivity contribution in [3.05, 3.63) is 27.6 Å². The van der Waals surface area contributed by atoms with E-state index in [4.69, 9.17) is 28.1 Å². The maximum Gasteiger partial charge on any atom is 0.266 e. The number of aromatic nitrogens is 5. The molecule has 1 saturated carbocycles. The number of fused-ring (bicyclic) bond motifs is 1. The third kappa shape index (κ3) is 2.79. The third-order valence-electron chi connectivity index (χ3n) is 6.97. The quantitative estimate of drug-likeness (QED) is 0.569. The summed E-state index contributed by atoms with van der Waals surface area (Å²) in [6, 6.07) is 1.97. The molecular formula is C20H25ClN8O. The molecular weight excluding hydrogens is 404 g/mol. The van der Waals surface area contributed by atoms with E-state index in [-0.39, 0.29) is 27.9 Å². The van der Waals surface area contributed by atoms with Crippen LogP contribution in [0, 0.1) is 5.41 Å². The van der Waals surface area contributed by atoms with Crippen LogP contribution < -0.4 is 21.9 Å². The number of anilines is 2. The lowest BCUT2D eigenvalue weighted by atomic mass is 9.74. The van der Waals surface area contributed by atoms with Gasteiger partial charge >= 0.3 is 0 Å². The van der Waals surface area contributed by atoms with E-state index in [2.05, 4.69) is 20.1 Å². The summed E-state index contributed by atoms with van der Waals surface area (Å²) in [6.07, 6.45) is 7.13. The number of nitrogens with one attached hydrogen (secondary N) is 1. The number of pyridine rings is 1. The van der Waals surface area contributed by atoms with Crippen molar-refractivity contribution in [1.82, 2.24) is 24.7 Å². The number of hydrogen-bond acceptors (Lipinski definition) is 7. The largest absolute Gasteiger partial charge is 0.382 e. The lowest BCUT2D eigenvalue weighted by Gasteiger charge is -2.42. The Morgan fingerprint density at radius 3 is 2.77 bits per heavy atom. The van der Waals surface area contributed by atoms with Gasteiger partial charge in [-0.1, -0.05) is 18.0 Å². The summed E-state index contributed by atoms with van der Waals surface area (Å²) in [7, 11) is 1.75. The number of nitrogens with two attached hydrogens (primary N) is 2. The van der Waals surface area contributed by atoms with Crippen molar-refractivity contribution in [3.63, 3.8) is 0 Å². The first-order valence-electron chi connectivity index (χ1n) is 10.3. The molecule has 2 aliphatic rings.